The number of rotatable bonds is 4. The van der Waals surface area contributed by atoms with Crippen LogP contribution in [0.3, 0.4) is 0 Å². The Morgan fingerprint density at radius 2 is 2.19 bits per heavy atom. The Balaban J connectivity index is 2.72. The fourth-order valence-corrected chi connectivity index (χ4v) is 2.48. The molecule has 16 heavy (non-hydrogen) atoms. The highest BCUT2D eigenvalue weighted by Crippen LogP contribution is 2.33. The molecule has 2 atom stereocenters. The zero-order valence-corrected chi connectivity index (χ0v) is 11.1. The highest BCUT2D eigenvalue weighted by molar-refractivity contribution is 5.71. The van der Waals surface area contributed by atoms with Crippen LogP contribution in [0.4, 0.5) is 0 Å². The first-order chi connectivity index (χ1) is 7.41. The van der Waals surface area contributed by atoms with Gasteiger partial charge in [-0.2, -0.15) is 0 Å². The van der Waals surface area contributed by atoms with Crippen molar-refractivity contribution in [2.24, 2.45) is 0 Å². The molecule has 2 unspecified atom stereocenters. The van der Waals surface area contributed by atoms with Crippen molar-refractivity contribution < 1.29 is 9.53 Å². The fraction of sp³-hybridized carbons (Fsp3) is 0.917. The van der Waals surface area contributed by atoms with Crippen LogP contribution in [0.5, 0.6) is 0 Å². The molecule has 4 heteroatoms. The lowest BCUT2D eigenvalue weighted by atomic mass is 9.91. The monoisotopic (exact) mass is 228 g/mol. The zero-order chi connectivity index (χ0) is 12.3. The Morgan fingerprint density at radius 1 is 1.56 bits per heavy atom. The number of carbonyl (C=O) groups is 1. The largest absolute Gasteiger partial charge is 0.466 e. The van der Waals surface area contributed by atoms with Gasteiger partial charge in [-0.3, -0.25) is 4.79 Å². The fourth-order valence-electron chi connectivity index (χ4n) is 2.48. The molecular weight excluding hydrogens is 204 g/mol. The maximum Gasteiger partial charge on any atom is 0.307 e. The van der Waals surface area contributed by atoms with Crippen LogP contribution in [0.1, 0.15) is 26.7 Å². The van der Waals surface area contributed by atoms with Gasteiger partial charge in [-0.1, -0.05) is 0 Å². The number of hydrogen-bond acceptors (Lipinski definition) is 4. The van der Waals surface area contributed by atoms with E-state index >= 15 is 0 Å². The van der Waals surface area contributed by atoms with E-state index in [-0.39, 0.29) is 11.5 Å². The molecule has 0 aromatic rings. The number of esters is 1. The smallest absolute Gasteiger partial charge is 0.307 e. The van der Waals surface area contributed by atoms with Crippen LogP contribution in [0.25, 0.3) is 0 Å². The third kappa shape index (κ3) is 2.74. The average Bonchev–Trinajstić information content (AvgIpc) is 2.43. The van der Waals surface area contributed by atoms with Crippen LogP contribution in [0.2, 0.25) is 0 Å². The van der Waals surface area contributed by atoms with Crippen LogP contribution in [-0.2, 0) is 9.53 Å². The summed E-state index contributed by atoms with van der Waals surface area (Å²) in [4.78, 5) is 16.1. The number of likely N-dealkylation sites (N-methyl/N-ethyl adjacent to an activating group) is 2. The molecule has 0 N–H and O–H groups in total. The van der Waals surface area contributed by atoms with E-state index in [0.717, 1.165) is 13.0 Å². The van der Waals surface area contributed by atoms with E-state index in [2.05, 4.69) is 23.8 Å². The standard InChI is InChI=1S/C12H24N2O2/c1-6-16-11(15)8-12(13(3)4)7-10(2)14(5)9-12/h10H,6-9H2,1-5H3. The first-order valence-electron chi connectivity index (χ1n) is 5.94. The van der Waals surface area contributed by atoms with Gasteiger partial charge < -0.3 is 14.5 Å². The Morgan fingerprint density at radius 3 is 2.56 bits per heavy atom. The SMILES string of the molecule is CCOC(=O)CC1(N(C)C)CC(C)N(C)C1. The number of hydrogen-bond donors (Lipinski definition) is 0. The van der Waals surface area contributed by atoms with Crippen molar-refractivity contribution in [3.8, 4) is 0 Å². The Labute approximate surface area is 98.5 Å². The van der Waals surface area contributed by atoms with Crippen LogP contribution < -0.4 is 0 Å². The molecule has 1 heterocycles. The Bertz CT molecular complexity index is 243. The molecule has 0 aromatic heterocycles. The molecule has 94 valence electrons. The van der Waals surface area contributed by atoms with E-state index in [1.165, 1.54) is 0 Å². The molecule has 0 saturated carbocycles. The van der Waals surface area contributed by atoms with Crippen LogP contribution in [-0.4, -0.2) is 61.6 Å². The highest BCUT2D eigenvalue weighted by Gasteiger charge is 2.44. The predicted molar refractivity (Wildman–Crippen MR) is 64.4 cm³/mol. The second kappa shape index (κ2) is 5.15. The molecule has 0 amide bonds. The van der Waals surface area contributed by atoms with Crippen molar-refractivity contribution in [2.45, 2.75) is 38.3 Å². The van der Waals surface area contributed by atoms with Crippen LogP contribution in [0.15, 0.2) is 0 Å². The molecular formula is C12H24N2O2. The second-order valence-electron chi connectivity index (χ2n) is 5.07. The van der Waals surface area contributed by atoms with Crippen molar-refractivity contribution >= 4 is 5.97 Å². The summed E-state index contributed by atoms with van der Waals surface area (Å²) in [5.74, 6) is -0.0845. The maximum absolute atomic E-state index is 11.7. The molecule has 0 aromatic carbocycles. The van der Waals surface area contributed by atoms with Crippen molar-refractivity contribution in [3.05, 3.63) is 0 Å². The van der Waals surface area contributed by atoms with Crippen LogP contribution in [0, 0.1) is 0 Å². The van der Waals surface area contributed by atoms with Gasteiger partial charge in [-0.15, -0.1) is 0 Å². The summed E-state index contributed by atoms with van der Waals surface area (Å²) in [5.41, 5.74) is -0.0551. The molecule has 1 saturated heterocycles. The Hall–Kier alpha value is -0.610. The van der Waals surface area contributed by atoms with Gasteiger partial charge in [-0.05, 0) is 41.4 Å². The lowest BCUT2D eigenvalue weighted by Crippen LogP contribution is -2.48. The minimum atomic E-state index is -0.0845. The summed E-state index contributed by atoms with van der Waals surface area (Å²) in [6, 6.07) is 0.525. The zero-order valence-electron chi connectivity index (χ0n) is 11.1. The molecule has 4 nitrogen and oxygen atoms in total. The van der Waals surface area contributed by atoms with Gasteiger partial charge in [0, 0.05) is 18.1 Å². The summed E-state index contributed by atoms with van der Waals surface area (Å²) in [6.45, 7) is 5.45. The first-order valence-corrected chi connectivity index (χ1v) is 5.94. The number of likely N-dealkylation sites (tertiary alicyclic amines) is 1. The third-order valence-electron chi connectivity index (χ3n) is 3.70. The molecule has 1 fully saturated rings. The maximum atomic E-state index is 11.7. The lowest BCUT2D eigenvalue weighted by Gasteiger charge is -2.35. The summed E-state index contributed by atoms with van der Waals surface area (Å²) in [5, 5.41) is 0. The van der Waals surface area contributed by atoms with E-state index in [1.54, 1.807) is 0 Å². The second-order valence-corrected chi connectivity index (χ2v) is 5.07. The molecule has 0 bridgehead atoms. The lowest BCUT2D eigenvalue weighted by molar-refractivity contribution is -0.146. The summed E-state index contributed by atoms with van der Waals surface area (Å²) in [7, 11) is 6.21. The van der Waals surface area contributed by atoms with Gasteiger partial charge in [0.25, 0.3) is 0 Å². The highest BCUT2D eigenvalue weighted by atomic mass is 16.5. The summed E-state index contributed by atoms with van der Waals surface area (Å²) < 4.78 is 5.07. The number of carbonyl (C=O) groups excluding carboxylic acids is 1. The summed E-state index contributed by atoms with van der Waals surface area (Å²) >= 11 is 0. The molecule has 1 aliphatic rings. The van der Waals surface area contributed by atoms with Gasteiger partial charge in [0.15, 0.2) is 0 Å². The van der Waals surface area contributed by atoms with E-state index in [4.69, 9.17) is 4.74 Å². The summed E-state index contributed by atoms with van der Waals surface area (Å²) in [6.07, 6.45) is 1.51. The first kappa shape index (κ1) is 13.5. The van der Waals surface area contributed by atoms with Crippen LogP contribution >= 0.6 is 0 Å². The third-order valence-corrected chi connectivity index (χ3v) is 3.70. The van der Waals surface area contributed by atoms with E-state index < -0.39 is 0 Å². The molecule has 1 aliphatic heterocycles. The van der Waals surface area contributed by atoms with Gasteiger partial charge in [0.1, 0.15) is 0 Å². The van der Waals surface area contributed by atoms with Gasteiger partial charge >= 0.3 is 5.97 Å². The minimum Gasteiger partial charge on any atom is -0.466 e. The van der Waals surface area contributed by atoms with Gasteiger partial charge in [0.05, 0.1) is 13.0 Å². The minimum absolute atomic E-state index is 0.0551. The molecule has 1 rings (SSSR count). The van der Waals surface area contributed by atoms with Gasteiger partial charge in [0.2, 0.25) is 0 Å². The topological polar surface area (TPSA) is 32.8 Å². The van der Waals surface area contributed by atoms with Crippen molar-refractivity contribution in [1.82, 2.24) is 9.80 Å². The number of ether oxygens (including phenoxy) is 1. The van der Waals surface area contributed by atoms with Gasteiger partial charge in [-0.25, -0.2) is 0 Å². The Kier molecular flexibility index (Phi) is 4.33. The quantitative estimate of drug-likeness (QED) is 0.671. The van der Waals surface area contributed by atoms with Crippen molar-refractivity contribution in [3.63, 3.8) is 0 Å². The molecule has 0 spiro atoms. The van der Waals surface area contributed by atoms with E-state index in [9.17, 15) is 4.79 Å². The van der Waals surface area contributed by atoms with E-state index in [0.29, 0.717) is 19.1 Å². The normalized spacial score (nSPS) is 31.0. The van der Waals surface area contributed by atoms with Crippen molar-refractivity contribution in [1.29, 1.82) is 0 Å². The number of nitrogens with zero attached hydrogens (tertiary/aromatic N) is 2. The van der Waals surface area contributed by atoms with Crippen molar-refractivity contribution in [2.75, 3.05) is 34.3 Å². The average molecular weight is 228 g/mol. The molecule has 0 aliphatic carbocycles. The predicted octanol–water partition coefficient (Wildman–Crippen LogP) is 0.964. The molecule has 0 radical (unpaired) electrons. The van der Waals surface area contributed by atoms with E-state index in [1.807, 2.05) is 21.0 Å².